The number of aromatic nitrogens is 2. The van der Waals surface area contributed by atoms with Gasteiger partial charge in [-0.25, -0.2) is 4.52 Å². The van der Waals surface area contributed by atoms with E-state index in [1.54, 1.807) is 0 Å². The number of pyridine rings is 1. The van der Waals surface area contributed by atoms with Gasteiger partial charge in [0.1, 0.15) is 11.9 Å². The van der Waals surface area contributed by atoms with Gasteiger partial charge >= 0.3 is 0 Å². The smallest absolute Gasteiger partial charge is 0.222 e. The average Bonchev–Trinajstić information content (AvgIpc) is 3.20. The molecule has 146 valence electrons. The number of carbonyl (C=O) groups is 1. The van der Waals surface area contributed by atoms with Gasteiger partial charge in [0, 0.05) is 49.8 Å². The molecule has 0 spiro atoms. The second-order valence-corrected chi connectivity index (χ2v) is 7.47. The number of rotatable bonds is 5. The van der Waals surface area contributed by atoms with E-state index in [4.69, 9.17) is 4.74 Å². The van der Waals surface area contributed by atoms with Crippen LogP contribution in [0.1, 0.15) is 38.3 Å². The van der Waals surface area contributed by atoms with Crippen molar-refractivity contribution in [2.75, 3.05) is 13.1 Å². The molecule has 4 rings (SSSR count). The molecule has 1 amide bonds. The second kappa shape index (κ2) is 8.05. The van der Waals surface area contributed by atoms with Crippen molar-refractivity contribution in [1.82, 2.24) is 14.5 Å². The predicted octanol–water partition coefficient (Wildman–Crippen LogP) is 4.48. The van der Waals surface area contributed by atoms with E-state index >= 15 is 0 Å². The van der Waals surface area contributed by atoms with Crippen LogP contribution in [0.5, 0.6) is 5.75 Å². The third-order valence-electron chi connectivity index (χ3n) is 5.53. The highest BCUT2D eigenvalue weighted by atomic mass is 16.5. The zero-order valence-corrected chi connectivity index (χ0v) is 16.6. The molecule has 0 atom stereocenters. The van der Waals surface area contributed by atoms with Crippen molar-refractivity contribution < 1.29 is 9.53 Å². The molecule has 1 fully saturated rings. The fourth-order valence-corrected chi connectivity index (χ4v) is 3.93. The first-order chi connectivity index (χ1) is 13.7. The van der Waals surface area contributed by atoms with Gasteiger partial charge in [0.25, 0.3) is 0 Å². The Morgan fingerprint density at radius 1 is 1.11 bits per heavy atom. The van der Waals surface area contributed by atoms with Gasteiger partial charge in [0.15, 0.2) is 0 Å². The van der Waals surface area contributed by atoms with Crippen molar-refractivity contribution in [2.24, 2.45) is 0 Å². The Bertz CT molecular complexity index is 954. The van der Waals surface area contributed by atoms with Crippen molar-refractivity contribution in [3.63, 3.8) is 0 Å². The number of benzene rings is 1. The summed E-state index contributed by atoms with van der Waals surface area (Å²) in [5, 5.41) is 4.39. The fraction of sp³-hybridized carbons (Fsp3) is 0.391. The molecule has 3 heterocycles. The normalized spacial score (nSPS) is 15.1. The van der Waals surface area contributed by atoms with Gasteiger partial charge in [-0.3, -0.25) is 4.79 Å². The molecule has 1 aromatic carbocycles. The molecule has 1 saturated heterocycles. The van der Waals surface area contributed by atoms with Gasteiger partial charge in [0.2, 0.25) is 5.91 Å². The van der Waals surface area contributed by atoms with Crippen LogP contribution in [0.25, 0.3) is 16.6 Å². The monoisotopic (exact) mass is 377 g/mol. The van der Waals surface area contributed by atoms with Gasteiger partial charge in [-0.2, -0.15) is 5.10 Å². The Labute approximate surface area is 165 Å². The van der Waals surface area contributed by atoms with E-state index in [1.807, 2.05) is 40.7 Å². The first-order valence-corrected chi connectivity index (χ1v) is 10.1. The van der Waals surface area contributed by atoms with Crippen LogP contribution < -0.4 is 4.74 Å². The number of fused-ring (bicyclic) bond motifs is 1. The van der Waals surface area contributed by atoms with E-state index in [2.05, 4.69) is 36.3 Å². The summed E-state index contributed by atoms with van der Waals surface area (Å²) in [5.74, 6) is 1.16. The van der Waals surface area contributed by atoms with Crippen LogP contribution in [-0.4, -0.2) is 39.6 Å². The van der Waals surface area contributed by atoms with E-state index in [9.17, 15) is 4.79 Å². The Morgan fingerprint density at radius 2 is 1.86 bits per heavy atom. The highest BCUT2D eigenvalue weighted by molar-refractivity contribution is 5.76. The maximum absolute atomic E-state index is 12.0. The van der Waals surface area contributed by atoms with Gasteiger partial charge in [-0.1, -0.05) is 25.1 Å². The van der Waals surface area contributed by atoms with Crippen LogP contribution in [0.3, 0.4) is 0 Å². The summed E-state index contributed by atoms with van der Waals surface area (Å²) in [5.41, 5.74) is 4.55. The van der Waals surface area contributed by atoms with Crippen molar-refractivity contribution in [1.29, 1.82) is 0 Å². The maximum Gasteiger partial charge on any atom is 0.222 e. The predicted molar refractivity (Wildman–Crippen MR) is 111 cm³/mol. The first-order valence-electron chi connectivity index (χ1n) is 10.1. The van der Waals surface area contributed by atoms with Crippen LogP contribution in [-0.2, 0) is 4.79 Å². The number of piperidine rings is 1. The average molecular weight is 377 g/mol. The van der Waals surface area contributed by atoms with Crippen LogP contribution >= 0.6 is 0 Å². The van der Waals surface area contributed by atoms with E-state index in [1.165, 1.54) is 5.56 Å². The molecule has 1 aliphatic rings. The summed E-state index contributed by atoms with van der Waals surface area (Å²) in [7, 11) is 0. The Hall–Kier alpha value is -2.82. The molecule has 0 bridgehead atoms. The summed E-state index contributed by atoms with van der Waals surface area (Å²) in [6.07, 6.45) is 5.35. The zero-order chi connectivity index (χ0) is 19.5. The maximum atomic E-state index is 12.0. The van der Waals surface area contributed by atoms with Gasteiger partial charge < -0.3 is 9.64 Å². The number of carbonyl (C=O) groups excluding carboxylic acids is 1. The molecule has 3 aromatic rings. The minimum absolute atomic E-state index is 0.179. The number of hydrogen-bond acceptors (Lipinski definition) is 3. The lowest BCUT2D eigenvalue weighted by Gasteiger charge is -2.32. The number of hydrogen-bond donors (Lipinski definition) is 0. The molecule has 0 radical (unpaired) electrons. The quantitative estimate of drug-likeness (QED) is 0.659. The van der Waals surface area contributed by atoms with Crippen molar-refractivity contribution in [2.45, 2.75) is 45.6 Å². The fourth-order valence-electron chi connectivity index (χ4n) is 3.93. The lowest BCUT2D eigenvalue weighted by atomic mass is 10.0. The van der Waals surface area contributed by atoms with Gasteiger partial charge in [0.05, 0.1) is 5.52 Å². The van der Waals surface area contributed by atoms with E-state index in [0.717, 1.165) is 54.9 Å². The summed E-state index contributed by atoms with van der Waals surface area (Å²) in [6, 6.07) is 14.5. The number of nitrogens with zero attached hydrogens (tertiary/aromatic N) is 3. The zero-order valence-electron chi connectivity index (χ0n) is 16.6. The summed E-state index contributed by atoms with van der Waals surface area (Å²) < 4.78 is 8.13. The van der Waals surface area contributed by atoms with Crippen molar-refractivity contribution in [3.05, 3.63) is 54.4 Å². The molecule has 5 nitrogen and oxygen atoms in total. The molecule has 0 N–H and O–H groups in total. The minimum atomic E-state index is 0.179. The van der Waals surface area contributed by atoms with Gasteiger partial charge in [-0.05, 0) is 43.2 Å². The molecule has 0 aliphatic carbocycles. The minimum Gasteiger partial charge on any atom is -0.490 e. The number of aryl methyl sites for hydroxylation is 1. The third kappa shape index (κ3) is 3.75. The second-order valence-electron chi connectivity index (χ2n) is 7.47. The molecule has 1 aliphatic heterocycles. The van der Waals surface area contributed by atoms with Crippen molar-refractivity contribution in [3.8, 4) is 16.9 Å². The lowest BCUT2D eigenvalue weighted by Crippen LogP contribution is -2.41. The molecular weight excluding hydrogens is 350 g/mol. The highest BCUT2D eigenvalue weighted by Crippen LogP contribution is 2.27. The standard InChI is InChI=1S/C23H27N3O2/c1-3-4-23(27)25-15-12-21(13-16-25)28-20-8-5-18(6-9-20)22-10-7-19-11-14-24-26(19)17(22)2/h5-11,14,21H,3-4,12-13,15-16H2,1-2H3. The molecule has 2 aromatic heterocycles. The number of likely N-dealkylation sites (tertiary alicyclic amines) is 1. The van der Waals surface area contributed by atoms with Crippen LogP contribution in [0.2, 0.25) is 0 Å². The van der Waals surface area contributed by atoms with Crippen molar-refractivity contribution >= 4 is 11.4 Å². The summed E-state index contributed by atoms with van der Waals surface area (Å²) in [6.45, 7) is 5.73. The number of ether oxygens (including phenoxy) is 1. The highest BCUT2D eigenvalue weighted by Gasteiger charge is 2.23. The van der Waals surface area contributed by atoms with E-state index < -0.39 is 0 Å². The Morgan fingerprint density at radius 3 is 2.57 bits per heavy atom. The molecule has 0 saturated carbocycles. The van der Waals surface area contributed by atoms with E-state index in [-0.39, 0.29) is 12.0 Å². The Balaban J connectivity index is 1.40. The number of amides is 1. The molecule has 5 heteroatoms. The first kappa shape index (κ1) is 18.5. The Kier molecular flexibility index (Phi) is 5.33. The molecule has 0 unspecified atom stereocenters. The van der Waals surface area contributed by atoms with Crippen LogP contribution in [0.4, 0.5) is 0 Å². The SMILES string of the molecule is CCCC(=O)N1CCC(Oc2ccc(-c3ccc4ccnn4c3C)cc2)CC1. The van der Waals surface area contributed by atoms with Crippen LogP contribution in [0.15, 0.2) is 48.7 Å². The third-order valence-corrected chi connectivity index (χ3v) is 5.53. The van der Waals surface area contributed by atoms with Crippen LogP contribution in [0, 0.1) is 6.92 Å². The largest absolute Gasteiger partial charge is 0.490 e. The summed E-state index contributed by atoms with van der Waals surface area (Å²) in [4.78, 5) is 14.0. The topological polar surface area (TPSA) is 46.8 Å². The summed E-state index contributed by atoms with van der Waals surface area (Å²) >= 11 is 0. The molecular formula is C23H27N3O2. The molecule has 28 heavy (non-hydrogen) atoms. The van der Waals surface area contributed by atoms with E-state index in [0.29, 0.717) is 6.42 Å². The van der Waals surface area contributed by atoms with Gasteiger partial charge in [-0.15, -0.1) is 0 Å². The lowest BCUT2D eigenvalue weighted by molar-refractivity contribution is -0.133.